The second kappa shape index (κ2) is 10.5. The van der Waals surface area contributed by atoms with Gasteiger partial charge in [-0.15, -0.1) is 0 Å². The molecule has 1 fully saturated rings. The van der Waals surface area contributed by atoms with Crippen LogP contribution in [0.2, 0.25) is 12.1 Å². The quantitative estimate of drug-likeness (QED) is 0.525. The first-order chi connectivity index (χ1) is 10.2. The van der Waals surface area contributed by atoms with E-state index in [0.29, 0.717) is 5.54 Å². The van der Waals surface area contributed by atoms with E-state index in [-0.39, 0.29) is 0 Å². The summed E-state index contributed by atoms with van der Waals surface area (Å²) in [5, 5.41) is 0. The van der Waals surface area contributed by atoms with Crippen LogP contribution in [0.3, 0.4) is 0 Å². The van der Waals surface area contributed by atoms with Crippen molar-refractivity contribution in [1.29, 1.82) is 0 Å². The molecule has 1 rings (SSSR count). The Kier molecular flexibility index (Phi) is 9.44. The van der Waals surface area contributed by atoms with Gasteiger partial charge in [0.05, 0.1) is 0 Å². The van der Waals surface area contributed by atoms with Crippen LogP contribution in [0.4, 0.5) is 0 Å². The van der Waals surface area contributed by atoms with E-state index in [0.717, 1.165) is 26.2 Å². The first-order valence-corrected chi connectivity index (χ1v) is 11.4. The summed E-state index contributed by atoms with van der Waals surface area (Å²) < 4.78 is 12.2. The third kappa shape index (κ3) is 6.62. The highest BCUT2D eigenvalue weighted by atomic mass is 28.4. The summed E-state index contributed by atoms with van der Waals surface area (Å²) in [5.41, 5.74) is 2.02. The predicted octanol–water partition coefficient (Wildman–Crippen LogP) is 5.10. The van der Waals surface area contributed by atoms with E-state index in [1.54, 1.807) is 0 Å². The molecule has 0 bridgehead atoms. The fourth-order valence-corrected chi connectivity index (χ4v) is 6.53. The average Bonchev–Trinajstić information content (AvgIpc) is 2.48. The summed E-state index contributed by atoms with van der Waals surface area (Å²) in [5.74, 6) is 0. The van der Waals surface area contributed by atoms with Crippen molar-refractivity contribution in [2.45, 2.75) is 84.2 Å². The van der Waals surface area contributed by atoms with Crippen molar-refractivity contribution < 1.29 is 8.85 Å². The van der Waals surface area contributed by atoms with Crippen LogP contribution in [0.5, 0.6) is 0 Å². The lowest BCUT2D eigenvalue weighted by Gasteiger charge is -2.34. The maximum atomic E-state index is 6.10. The molecule has 1 atom stereocenters. The van der Waals surface area contributed by atoms with Gasteiger partial charge in [-0.25, -0.2) is 0 Å². The molecule has 4 heteroatoms. The minimum Gasteiger partial charge on any atom is -0.394 e. The van der Waals surface area contributed by atoms with Crippen LogP contribution >= 0.6 is 0 Å². The Labute approximate surface area is 132 Å². The molecule has 21 heavy (non-hydrogen) atoms. The minimum absolute atomic E-state index is 0.565. The monoisotopic (exact) mass is 313 g/mol. The number of rotatable bonds is 10. The molecule has 124 valence electrons. The molecule has 1 saturated carbocycles. The van der Waals surface area contributed by atoms with Crippen LogP contribution < -0.4 is 0 Å². The molecule has 0 aromatic heterocycles. The fraction of sp³-hybridized carbons (Fsp3) is 0.941. The zero-order valence-electron chi connectivity index (χ0n) is 14.6. The molecule has 1 aliphatic carbocycles. The van der Waals surface area contributed by atoms with Crippen LogP contribution in [0.15, 0.2) is 4.99 Å². The Morgan fingerprint density at radius 3 is 2.14 bits per heavy atom. The van der Waals surface area contributed by atoms with Crippen LogP contribution in [0.1, 0.15) is 72.1 Å². The van der Waals surface area contributed by atoms with Gasteiger partial charge >= 0.3 is 8.56 Å². The topological polar surface area (TPSA) is 30.8 Å². The van der Waals surface area contributed by atoms with Gasteiger partial charge in [-0.05, 0) is 58.9 Å². The molecule has 0 radical (unpaired) electrons. The van der Waals surface area contributed by atoms with Crippen molar-refractivity contribution in [1.82, 2.24) is 0 Å². The molecule has 0 amide bonds. The number of hydrogen-bond acceptors (Lipinski definition) is 3. The lowest BCUT2D eigenvalue weighted by Crippen LogP contribution is -2.44. The molecule has 1 aliphatic rings. The van der Waals surface area contributed by atoms with E-state index in [1.807, 2.05) is 0 Å². The molecule has 0 aromatic carbocycles. The Morgan fingerprint density at radius 1 is 1.00 bits per heavy atom. The highest BCUT2D eigenvalue weighted by molar-refractivity contribution is 6.67. The van der Waals surface area contributed by atoms with E-state index < -0.39 is 8.56 Å². The van der Waals surface area contributed by atoms with Gasteiger partial charge in [0.25, 0.3) is 0 Å². The summed E-state index contributed by atoms with van der Waals surface area (Å²) in [4.78, 5) is 4.87. The lowest BCUT2D eigenvalue weighted by atomic mass is 9.98. The molecule has 0 spiro atoms. The number of nitrogens with zero attached hydrogens (tertiary/aromatic N) is 1. The van der Waals surface area contributed by atoms with E-state index in [2.05, 4.69) is 27.3 Å². The zero-order chi connectivity index (χ0) is 15.6. The molecule has 3 nitrogen and oxygen atoms in total. The molecule has 0 N–H and O–H groups in total. The van der Waals surface area contributed by atoms with Crippen molar-refractivity contribution in [3.05, 3.63) is 0 Å². The van der Waals surface area contributed by atoms with E-state index >= 15 is 0 Å². The molecule has 1 unspecified atom stereocenters. The highest BCUT2D eigenvalue weighted by Crippen LogP contribution is 2.32. The first kappa shape index (κ1) is 18.9. The predicted molar refractivity (Wildman–Crippen MR) is 93.5 cm³/mol. The van der Waals surface area contributed by atoms with Gasteiger partial charge in [-0.2, -0.15) is 0 Å². The van der Waals surface area contributed by atoms with E-state index in [9.17, 15) is 0 Å². The third-order valence-electron chi connectivity index (χ3n) is 4.48. The fourth-order valence-electron chi connectivity index (χ4n) is 3.36. The molecular weight excluding hydrogens is 278 g/mol. The highest BCUT2D eigenvalue weighted by Gasteiger charge is 2.39. The lowest BCUT2D eigenvalue weighted by molar-refractivity contribution is 0.175. The number of hydrogen-bond donors (Lipinski definition) is 0. The van der Waals surface area contributed by atoms with Gasteiger partial charge in [0, 0.05) is 31.0 Å². The molecule has 0 aromatic rings. The Bertz CT molecular complexity index is 293. The zero-order valence-corrected chi connectivity index (χ0v) is 15.6. The van der Waals surface area contributed by atoms with Gasteiger partial charge in [-0.1, -0.05) is 19.8 Å². The maximum Gasteiger partial charge on any atom is 0.338 e. The Balaban J connectivity index is 2.57. The van der Waals surface area contributed by atoms with Crippen molar-refractivity contribution in [2.24, 2.45) is 4.99 Å². The smallest absolute Gasteiger partial charge is 0.338 e. The van der Waals surface area contributed by atoms with Gasteiger partial charge in [0.1, 0.15) is 0 Å². The van der Waals surface area contributed by atoms with Crippen molar-refractivity contribution in [2.75, 3.05) is 19.8 Å². The second-order valence-electron chi connectivity index (χ2n) is 6.16. The minimum atomic E-state index is -2.06. The van der Waals surface area contributed by atoms with Crippen molar-refractivity contribution in [3.63, 3.8) is 0 Å². The first-order valence-electron chi connectivity index (χ1n) is 8.96. The standard InChI is InChI=1S/C17H35NO2Si/c1-5-11-17(21(4,19-6-2)20-7-3)14-15-18-16-12-9-8-10-13-16/h17H,5-15H2,1-4H3. The summed E-state index contributed by atoms with van der Waals surface area (Å²) in [6, 6.07) is 0. The largest absolute Gasteiger partial charge is 0.394 e. The van der Waals surface area contributed by atoms with Gasteiger partial charge in [0.15, 0.2) is 0 Å². The van der Waals surface area contributed by atoms with Crippen LogP contribution in [-0.2, 0) is 8.85 Å². The Morgan fingerprint density at radius 2 is 1.62 bits per heavy atom. The second-order valence-corrected chi connectivity index (χ2v) is 9.59. The van der Waals surface area contributed by atoms with Gasteiger partial charge in [0.2, 0.25) is 0 Å². The molecule has 0 aliphatic heterocycles. The summed E-state index contributed by atoms with van der Waals surface area (Å²) >= 11 is 0. The van der Waals surface area contributed by atoms with E-state index in [4.69, 9.17) is 13.8 Å². The van der Waals surface area contributed by atoms with Gasteiger partial charge < -0.3 is 8.85 Å². The van der Waals surface area contributed by atoms with Gasteiger partial charge in [-0.3, -0.25) is 4.99 Å². The third-order valence-corrected chi connectivity index (χ3v) is 8.27. The molecule has 0 saturated heterocycles. The summed E-state index contributed by atoms with van der Waals surface area (Å²) in [7, 11) is -2.06. The Hall–Kier alpha value is -0.193. The maximum absolute atomic E-state index is 6.10. The summed E-state index contributed by atoms with van der Waals surface area (Å²) in [6.45, 7) is 11.1. The molecule has 0 heterocycles. The number of aliphatic imine (C=N–C) groups is 1. The van der Waals surface area contributed by atoms with Crippen LogP contribution in [0, 0.1) is 0 Å². The molecular formula is C17H35NO2Si. The SMILES string of the molecule is CCCC(CCN=C1CCCCC1)[Si](C)(OCC)OCC. The summed E-state index contributed by atoms with van der Waals surface area (Å²) in [6.07, 6.45) is 10.0. The van der Waals surface area contributed by atoms with Crippen molar-refractivity contribution >= 4 is 14.3 Å². The van der Waals surface area contributed by atoms with Crippen LogP contribution in [0.25, 0.3) is 0 Å². The van der Waals surface area contributed by atoms with Crippen molar-refractivity contribution in [3.8, 4) is 0 Å². The normalized spacial score (nSPS) is 17.8. The van der Waals surface area contributed by atoms with E-state index in [1.165, 1.54) is 50.7 Å². The average molecular weight is 314 g/mol. The van der Waals surface area contributed by atoms with Crippen LogP contribution in [-0.4, -0.2) is 34.0 Å².